The van der Waals surface area contributed by atoms with Gasteiger partial charge in [-0.05, 0) is 6.42 Å². The molecule has 0 fully saturated rings. The zero-order valence-electron chi connectivity index (χ0n) is 7.35. The van der Waals surface area contributed by atoms with Crippen molar-refractivity contribution in [1.82, 2.24) is 5.32 Å². The van der Waals surface area contributed by atoms with Crippen LogP contribution in [0.1, 0.15) is 13.3 Å². The first-order valence-corrected chi connectivity index (χ1v) is 7.03. The molecule has 0 unspecified atom stereocenters. The summed E-state index contributed by atoms with van der Waals surface area (Å²) in [6.45, 7) is 3.26. The lowest BCUT2D eigenvalue weighted by Gasteiger charge is -2.02. The first kappa shape index (κ1) is 12.4. The molecule has 0 aliphatic rings. The van der Waals surface area contributed by atoms with Crippen LogP contribution in [0.2, 0.25) is 0 Å². The van der Waals surface area contributed by atoms with E-state index in [0.717, 1.165) is 11.9 Å². The van der Waals surface area contributed by atoms with Gasteiger partial charge < -0.3 is 5.32 Å². The Bertz CT molecular complexity index is 192. The number of hydrogen-bond acceptors (Lipinski definition) is 3. The van der Waals surface area contributed by atoms with Crippen molar-refractivity contribution in [2.24, 2.45) is 0 Å². The van der Waals surface area contributed by atoms with Crippen LogP contribution in [0.15, 0.2) is 0 Å². The molecule has 0 rings (SSSR count). The summed E-state index contributed by atoms with van der Waals surface area (Å²) in [6.07, 6.45) is 0.709. The fourth-order valence-corrected chi connectivity index (χ4v) is 2.39. The molecule has 0 radical (unpaired) electrons. The summed E-state index contributed by atoms with van der Waals surface area (Å²) in [5.74, 6) is 0.566. The van der Waals surface area contributed by atoms with Gasteiger partial charge in [0.15, 0.2) is 9.84 Å². The van der Waals surface area contributed by atoms with E-state index in [9.17, 15) is 8.42 Å². The first-order chi connectivity index (χ1) is 5.62. The number of hydrogen-bond donors (Lipinski definition) is 1. The summed E-state index contributed by atoms with van der Waals surface area (Å²) in [4.78, 5) is 0. The van der Waals surface area contributed by atoms with Gasteiger partial charge in [0, 0.05) is 24.2 Å². The van der Waals surface area contributed by atoms with Crippen LogP contribution >= 0.6 is 15.9 Å². The highest BCUT2D eigenvalue weighted by Crippen LogP contribution is 1.91. The van der Waals surface area contributed by atoms with Crippen molar-refractivity contribution in [3.63, 3.8) is 0 Å². The van der Waals surface area contributed by atoms with Crippen LogP contribution in [0.5, 0.6) is 0 Å². The number of halogens is 1. The molecule has 0 bridgehead atoms. The number of alkyl halides is 1. The van der Waals surface area contributed by atoms with Crippen molar-refractivity contribution in [2.75, 3.05) is 29.9 Å². The molecule has 0 aliphatic carbocycles. The quantitative estimate of drug-likeness (QED) is 0.542. The van der Waals surface area contributed by atoms with Crippen molar-refractivity contribution < 1.29 is 8.42 Å². The first-order valence-electron chi connectivity index (χ1n) is 4.09. The van der Waals surface area contributed by atoms with E-state index in [1.54, 1.807) is 0 Å². The van der Waals surface area contributed by atoms with E-state index in [0.29, 0.717) is 18.7 Å². The summed E-state index contributed by atoms with van der Waals surface area (Å²) in [5.41, 5.74) is 0. The largest absolute Gasteiger partial charge is 0.315 e. The Kier molecular flexibility index (Phi) is 7.08. The molecule has 0 aromatic heterocycles. The number of rotatable bonds is 7. The second-order valence-corrected chi connectivity index (χ2v) is 5.69. The Morgan fingerprint density at radius 2 is 1.92 bits per heavy atom. The van der Waals surface area contributed by atoms with E-state index in [-0.39, 0.29) is 5.75 Å². The van der Waals surface area contributed by atoms with Gasteiger partial charge >= 0.3 is 0 Å². The maximum Gasteiger partial charge on any atom is 0.151 e. The number of sulfone groups is 1. The monoisotopic (exact) mass is 257 g/mol. The van der Waals surface area contributed by atoms with E-state index >= 15 is 0 Å². The van der Waals surface area contributed by atoms with E-state index in [1.807, 2.05) is 6.92 Å². The fourth-order valence-electron chi connectivity index (χ4n) is 0.833. The molecule has 0 aromatic rings. The van der Waals surface area contributed by atoms with Gasteiger partial charge in [0.05, 0.1) is 5.75 Å². The highest BCUT2D eigenvalue weighted by Gasteiger charge is 2.07. The minimum Gasteiger partial charge on any atom is -0.315 e. The maximum absolute atomic E-state index is 11.1. The summed E-state index contributed by atoms with van der Waals surface area (Å²) < 4.78 is 22.3. The fraction of sp³-hybridized carbons (Fsp3) is 1.00. The van der Waals surface area contributed by atoms with E-state index < -0.39 is 9.84 Å². The van der Waals surface area contributed by atoms with Crippen LogP contribution in [0.25, 0.3) is 0 Å². The minimum absolute atomic E-state index is 0.258. The van der Waals surface area contributed by atoms with Crippen LogP contribution < -0.4 is 5.32 Å². The summed E-state index contributed by atoms with van der Waals surface area (Å²) in [6, 6.07) is 0. The van der Waals surface area contributed by atoms with E-state index in [2.05, 4.69) is 21.2 Å². The van der Waals surface area contributed by atoms with Crippen molar-refractivity contribution in [3.05, 3.63) is 0 Å². The Labute approximate surface area is 83.0 Å². The molecule has 3 nitrogen and oxygen atoms in total. The zero-order valence-corrected chi connectivity index (χ0v) is 9.75. The van der Waals surface area contributed by atoms with Gasteiger partial charge in [-0.1, -0.05) is 22.9 Å². The van der Waals surface area contributed by atoms with Crippen LogP contribution in [0.3, 0.4) is 0 Å². The summed E-state index contributed by atoms with van der Waals surface area (Å²) >= 11 is 3.25. The smallest absolute Gasteiger partial charge is 0.151 e. The topological polar surface area (TPSA) is 46.2 Å². The predicted molar refractivity (Wildman–Crippen MR) is 55.6 cm³/mol. The standard InChI is InChI=1S/C7H16BrNO2S/c1-2-6-12(10,11)7-5-9-4-3-8/h9H,2-7H2,1H3. The maximum atomic E-state index is 11.1. The van der Waals surface area contributed by atoms with Crippen LogP contribution in [-0.2, 0) is 9.84 Å². The molecular weight excluding hydrogens is 242 g/mol. The molecule has 12 heavy (non-hydrogen) atoms. The van der Waals surface area contributed by atoms with Gasteiger partial charge in [0.1, 0.15) is 0 Å². The molecule has 0 heterocycles. The van der Waals surface area contributed by atoms with Crippen molar-refractivity contribution >= 4 is 25.8 Å². The van der Waals surface area contributed by atoms with Gasteiger partial charge in [-0.3, -0.25) is 0 Å². The lowest BCUT2D eigenvalue weighted by molar-refractivity contribution is 0.591. The number of nitrogens with one attached hydrogen (secondary N) is 1. The molecule has 0 aliphatic heterocycles. The third-order valence-corrected chi connectivity index (χ3v) is 3.63. The Hall–Kier alpha value is 0.390. The molecular formula is C7H16BrNO2S. The second-order valence-electron chi connectivity index (χ2n) is 2.59. The Morgan fingerprint density at radius 1 is 1.25 bits per heavy atom. The summed E-state index contributed by atoms with van der Waals surface area (Å²) in [7, 11) is -2.79. The van der Waals surface area contributed by atoms with Gasteiger partial charge in [-0.15, -0.1) is 0 Å². The Balaban J connectivity index is 3.48. The average Bonchev–Trinajstić information content (AvgIpc) is 1.98. The van der Waals surface area contributed by atoms with Crippen molar-refractivity contribution in [3.8, 4) is 0 Å². The molecule has 5 heteroatoms. The third-order valence-electron chi connectivity index (χ3n) is 1.38. The van der Waals surface area contributed by atoms with E-state index in [4.69, 9.17) is 0 Å². The molecule has 0 saturated heterocycles. The molecule has 0 aromatic carbocycles. The Morgan fingerprint density at radius 3 is 2.42 bits per heavy atom. The molecule has 0 atom stereocenters. The van der Waals surface area contributed by atoms with Gasteiger partial charge in [-0.2, -0.15) is 0 Å². The zero-order chi connectivity index (χ0) is 9.45. The lowest BCUT2D eigenvalue weighted by Crippen LogP contribution is -2.25. The highest BCUT2D eigenvalue weighted by molar-refractivity contribution is 9.09. The van der Waals surface area contributed by atoms with Crippen molar-refractivity contribution in [2.45, 2.75) is 13.3 Å². The molecule has 0 spiro atoms. The van der Waals surface area contributed by atoms with E-state index in [1.165, 1.54) is 0 Å². The molecule has 0 saturated carbocycles. The van der Waals surface area contributed by atoms with Crippen LogP contribution in [0, 0.1) is 0 Å². The highest BCUT2D eigenvalue weighted by atomic mass is 79.9. The normalized spacial score (nSPS) is 11.8. The summed E-state index contributed by atoms with van der Waals surface area (Å²) in [5, 5.41) is 3.89. The molecule has 74 valence electrons. The van der Waals surface area contributed by atoms with Crippen LogP contribution in [-0.4, -0.2) is 38.3 Å². The van der Waals surface area contributed by atoms with Gasteiger partial charge in [-0.25, -0.2) is 8.42 Å². The average molecular weight is 258 g/mol. The SMILES string of the molecule is CCCS(=O)(=O)CCNCCBr. The van der Waals surface area contributed by atoms with Gasteiger partial charge in [0.2, 0.25) is 0 Å². The molecule has 1 N–H and O–H groups in total. The van der Waals surface area contributed by atoms with Crippen LogP contribution in [0.4, 0.5) is 0 Å². The molecule has 0 amide bonds. The minimum atomic E-state index is -2.79. The predicted octanol–water partition coefficient (Wildman–Crippen LogP) is 0.796. The second kappa shape index (κ2) is 6.86. The van der Waals surface area contributed by atoms with Gasteiger partial charge in [0.25, 0.3) is 0 Å². The third kappa shape index (κ3) is 7.06. The lowest BCUT2D eigenvalue weighted by atomic mass is 10.6. The van der Waals surface area contributed by atoms with Crippen molar-refractivity contribution in [1.29, 1.82) is 0 Å².